The number of aryl methyl sites for hydroxylation is 1. The molecule has 0 aliphatic rings. The van der Waals surface area contributed by atoms with Crippen molar-refractivity contribution in [3.05, 3.63) is 26.8 Å². The highest BCUT2D eigenvalue weighted by Gasteiger charge is 1.99. The van der Waals surface area contributed by atoms with Crippen LogP contribution in [0.1, 0.15) is 11.1 Å². The molecule has 1 nitrogen and oxygen atoms in total. The molecule has 1 aromatic carbocycles. The Labute approximate surface area is 74.8 Å². The van der Waals surface area contributed by atoms with Gasteiger partial charge in [-0.1, -0.05) is 6.07 Å². The van der Waals surface area contributed by atoms with Crippen LogP contribution >= 0.6 is 22.6 Å². The van der Waals surface area contributed by atoms with Gasteiger partial charge in [0.2, 0.25) is 0 Å². The fraction of sp³-hybridized carbons (Fsp3) is 0.250. The molecule has 0 bridgehead atoms. The van der Waals surface area contributed by atoms with Crippen LogP contribution in [0, 0.1) is 17.4 Å². The number of benzene rings is 1. The number of nitrogens with two attached hydrogens (primary N) is 1. The van der Waals surface area contributed by atoms with E-state index in [-0.39, 0.29) is 0 Å². The van der Waals surface area contributed by atoms with Gasteiger partial charge in [-0.05, 0) is 53.6 Å². The molecule has 0 aliphatic heterocycles. The minimum Gasteiger partial charge on any atom is -0.398 e. The second-order valence-electron chi connectivity index (χ2n) is 2.41. The molecule has 2 heteroatoms. The zero-order valence-corrected chi connectivity index (χ0v) is 8.27. The van der Waals surface area contributed by atoms with Crippen molar-refractivity contribution in [1.82, 2.24) is 0 Å². The molecule has 10 heavy (non-hydrogen) atoms. The summed E-state index contributed by atoms with van der Waals surface area (Å²) in [6.45, 7) is 4.18. The van der Waals surface area contributed by atoms with E-state index in [2.05, 4.69) is 36.4 Å². The van der Waals surface area contributed by atoms with Crippen LogP contribution in [0.4, 0.5) is 5.69 Å². The van der Waals surface area contributed by atoms with Gasteiger partial charge in [0.1, 0.15) is 0 Å². The van der Waals surface area contributed by atoms with E-state index in [1.165, 1.54) is 14.7 Å². The van der Waals surface area contributed by atoms with Crippen LogP contribution in [0.15, 0.2) is 12.1 Å². The van der Waals surface area contributed by atoms with Crippen molar-refractivity contribution in [1.29, 1.82) is 0 Å². The van der Waals surface area contributed by atoms with Crippen molar-refractivity contribution in [3.8, 4) is 0 Å². The molecule has 1 rings (SSSR count). The van der Waals surface area contributed by atoms with E-state index in [1.54, 1.807) is 0 Å². The van der Waals surface area contributed by atoms with Crippen molar-refractivity contribution in [2.45, 2.75) is 13.8 Å². The van der Waals surface area contributed by atoms with E-state index in [9.17, 15) is 0 Å². The predicted molar refractivity (Wildman–Crippen MR) is 53.0 cm³/mol. The summed E-state index contributed by atoms with van der Waals surface area (Å²) >= 11 is 2.27. The SMILES string of the molecule is Cc1ccc(N)c(I)c1C. The lowest BCUT2D eigenvalue weighted by atomic mass is 10.1. The summed E-state index contributed by atoms with van der Waals surface area (Å²) in [6, 6.07) is 4.00. The first-order valence-corrected chi connectivity index (χ1v) is 4.22. The third-order valence-electron chi connectivity index (χ3n) is 1.69. The summed E-state index contributed by atoms with van der Waals surface area (Å²) in [4.78, 5) is 0. The second-order valence-corrected chi connectivity index (χ2v) is 3.49. The topological polar surface area (TPSA) is 26.0 Å². The molecule has 0 atom stereocenters. The van der Waals surface area contributed by atoms with Crippen LogP contribution in [0.3, 0.4) is 0 Å². The molecular formula is C8H10IN. The average molecular weight is 247 g/mol. The zero-order valence-electron chi connectivity index (χ0n) is 6.11. The molecule has 1 aromatic rings. The molecule has 0 aromatic heterocycles. The van der Waals surface area contributed by atoms with Gasteiger partial charge in [0.05, 0.1) is 0 Å². The fourth-order valence-corrected chi connectivity index (χ4v) is 1.41. The van der Waals surface area contributed by atoms with Crippen molar-refractivity contribution >= 4 is 28.3 Å². The van der Waals surface area contributed by atoms with Crippen molar-refractivity contribution < 1.29 is 0 Å². The van der Waals surface area contributed by atoms with Crippen LogP contribution in [0.25, 0.3) is 0 Å². The van der Waals surface area contributed by atoms with Crippen LogP contribution < -0.4 is 5.73 Å². The maximum Gasteiger partial charge on any atom is 0.0452 e. The highest BCUT2D eigenvalue weighted by atomic mass is 127. The van der Waals surface area contributed by atoms with E-state index < -0.39 is 0 Å². The van der Waals surface area contributed by atoms with Crippen LogP contribution in [-0.2, 0) is 0 Å². The Bertz CT molecular complexity index is 229. The smallest absolute Gasteiger partial charge is 0.0452 e. The summed E-state index contributed by atoms with van der Waals surface area (Å²) in [5.74, 6) is 0. The van der Waals surface area contributed by atoms with Crippen LogP contribution in [0.5, 0.6) is 0 Å². The van der Waals surface area contributed by atoms with Gasteiger partial charge in [0, 0.05) is 9.26 Å². The molecule has 0 saturated heterocycles. The first-order valence-electron chi connectivity index (χ1n) is 3.14. The number of nitrogen functional groups attached to an aromatic ring is 1. The molecular weight excluding hydrogens is 237 g/mol. The number of hydrogen-bond donors (Lipinski definition) is 1. The average Bonchev–Trinajstić information content (AvgIpc) is 1.93. The molecule has 0 aliphatic carbocycles. The Balaban J connectivity index is 3.34. The molecule has 0 spiro atoms. The number of hydrogen-bond acceptors (Lipinski definition) is 1. The quantitative estimate of drug-likeness (QED) is 0.553. The van der Waals surface area contributed by atoms with Crippen molar-refractivity contribution in [2.75, 3.05) is 5.73 Å². The first-order chi connectivity index (χ1) is 4.63. The largest absolute Gasteiger partial charge is 0.398 e. The van der Waals surface area contributed by atoms with Gasteiger partial charge in [0.15, 0.2) is 0 Å². The molecule has 0 saturated carbocycles. The Morgan fingerprint density at radius 1 is 1.30 bits per heavy atom. The van der Waals surface area contributed by atoms with Gasteiger partial charge in [0.25, 0.3) is 0 Å². The zero-order chi connectivity index (χ0) is 7.72. The van der Waals surface area contributed by atoms with Crippen molar-refractivity contribution in [2.24, 2.45) is 0 Å². The van der Waals surface area contributed by atoms with Crippen LogP contribution in [-0.4, -0.2) is 0 Å². The highest BCUT2D eigenvalue weighted by Crippen LogP contribution is 2.21. The Hall–Kier alpha value is -0.250. The summed E-state index contributed by atoms with van der Waals surface area (Å²) < 4.78 is 1.18. The highest BCUT2D eigenvalue weighted by molar-refractivity contribution is 14.1. The molecule has 2 N–H and O–H groups in total. The Kier molecular flexibility index (Phi) is 2.18. The predicted octanol–water partition coefficient (Wildman–Crippen LogP) is 2.49. The minimum atomic E-state index is 0.878. The van der Waals surface area contributed by atoms with E-state index >= 15 is 0 Å². The number of anilines is 1. The molecule has 0 fully saturated rings. The van der Waals surface area contributed by atoms with Crippen molar-refractivity contribution in [3.63, 3.8) is 0 Å². The maximum absolute atomic E-state index is 5.68. The molecule has 0 radical (unpaired) electrons. The first kappa shape index (κ1) is 7.85. The summed E-state index contributed by atoms with van der Waals surface area (Å²) in [5.41, 5.74) is 9.16. The normalized spacial score (nSPS) is 9.90. The molecule has 0 heterocycles. The van der Waals surface area contributed by atoms with Gasteiger partial charge in [-0.15, -0.1) is 0 Å². The summed E-state index contributed by atoms with van der Waals surface area (Å²) in [7, 11) is 0. The third-order valence-corrected chi connectivity index (χ3v) is 3.12. The van der Waals surface area contributed by atoms with E-state index in [0.29, 0.717) is 0 Å². The number of halogens is 1. The lowest BCUT2D eigenvalue weighted by Gasteiger charge is -2.04. The van der Waals surface area contributed by atoms with E-state index in [0.717, 1.165) is 5.69 Å². The molecule has 54 valence electrons. The Morgan fingerprint density at radius 3 is 2.40 bits per heavy atom. The molecule has 0 amide bonds. The summed E-state index contributed by atoms with van der Waals surface area (Å²) in [6.07, 6.45) is 0. The second kappa shape index (κ2) is 2.78. The van der Waals surface area contributed by atoms with E-state index in [4.69, 9.17) is 5.73 Å². The Morgan fingerprint density at radius 2 is 1.90 bits per heavy atom. The van der Waals surface area contributed by atoms with Gasteiger partial charge in [-0.3, -0.25) is 0 Å². The maximum atomic E-state index is 5.68. The standard InChI is InChI=1S/C8H10IN/c1-5-3-4-7(10)8(9)6(5)2/h3-4H,10H2,1-2H3. The summed E-state index contributed by atoms with van der Waals surface area (Å²) in [5, 5.41) is 0. The lowest BCUT2D eigenvalue weighted by Crippen LogP contribution is -1.93. The minimum absolute atomic E-state index is 0.878. The van der Waals surface area contributed by atoms with Crippen LogP contribution in [0.2, 0.25) is 0 Å². The molecule has 0 unspecified atom stereocenters. The monoisotopic (exact) mass is 247 g/mol. The third kappa shape index (κ3) is 1.26. The lowest BCUT2D eigenvalue weighted by molar-refractivity contribution is 1.32. The van der Waals surface area contributed by atoms with Gasteiger partial charge in [-0.2, -0.15) is 0 Å². The van der Waals surface area contributed by atoms with E-state index in [1.807, 2.05) is 12.1 Å². The fourth-order valence-electron chi connectivity index (χ4n) is 0.803. The van der Waals surface area contributed by atoms with Gasteiger partial charge < -0.3 is 5.73 Å². The van der Waals surface area contributed by atoms with Gasteiger partial charge in [-0.25, -0.2) is 0 Å². The van der Waals surface area contributed by atoms with Gasteiger partial charge >= 0.3 is 0 Å². The number of rotatable bonds is 0.